The van der Waals surface area contributed by atoms with Crippen molar-refractivity contribution >= 4 is 11.6 Å². The van der Waals surface area contributed by atoms with Gasteiger partial charge in [-0.2, -0.15) is 0 Å². The summed E-state index contributed by atoms with van der Waals surface area (Å²) < 4.78 is 0. The first kappa shape index (κ1) is 17.6. The zero-order valence-electron chi connectivity index (χ0n) is 15.6. The highest BCUT2D eigenvalue weighted by atomic mass is 16.1. The van der Waals surface area contributed by atoms with Gasteiger partial charge in [0.2, 0.25) is 0 Å². The molecule has 2 aromatic carbocycles. The number of rotatable bonds is 6. The normalized spacial score (nSPS) is 14.1. The minimum Gasteiger partial charge on any atom is -0.294 e. The van der Waals surface area contributed by atoms with Gasteiger partial charge in [0.05, 0.1) is 0 Å². The molecule has 0 saturated heterocycles. The third kappa shape index (κ3) is 2.55. The number of carbonyl (C=O) groups is 2. The van der Waals surface area contributed by atoms with Crippen LogP contribution >= 0.6 is 0 Å². The van der Waals surface area contributed by atoms with Gasteiger partial charge in [0.15, 0.2) is 11.6 Å². The topological polar surface area (TPSA) is 34.1 Å². The molecule has 3 rings (SSSR count). The van der Waals surface area contributed by atoms with E-state index < -0.39 is 0 Å². The molecule has 0 unspecified atom stereocenters. The number of benzene rings is 2. The standard InChI is InChI=1S/C23H26O2/c1-5-21(24)15-9-11-17-18-12-10-16(22(25)6-2)14-20(18)23(7-3,8-4)19(17)13-15/h9-14H,5-8H2,1-4H3. The van der Waals surface area contributed by atoms with Crippen LogP contribution in [0.2, 0.25) is 0 Å². The van der Waals surface area contributed by atoms with E-state index in [-0.39, 0.29) is 17.0 Å². The van der Waals surface area contributed by atoms with Crippen molar-refractivity contribution in [2.75, 3.05) is 0 Å². The van der Waals surface area contributed by atoms with Gasteiger partial charge >= 0.3 is 0 Å². The molecule has 0 saturated carbocycles. The summed E-state index contributed by atoms with van der Waals surface area (Å²) in [5.74, 6) is 0.364. The highest BCUT2D eigenvalue weighted by Crippen LogP contribution is 2.53. The smallest absolute Gasteiger partial charge is 0.162 e. The van der Waals surface area contributed by atoms with Crippen molar-refractivity contribution in [3.63, 3.8) is 0 Å². The van der Waals surface area contributed by atoms with Crippen molar-refractivity contribution in [3.8, 4) is 11.1 Å². The van der Waals surface area contributed by atoms with Crippen LogP contribution in [-0.4, -0.2) is 11.6 Å². The lowest BCUT2D eigenvalue weighted by atomic mass is 9.73. The lowest BCUT2D eigenvalue weighted by Crippen LogP contribution is -2.23. The van der Waals surface area contributed by atoms with Crippen LogP contribution in [0.15, 0.2) is 36.4 Å². The number of fused-ring (bicyclic) bond motifs is 3. The predicted octanol–water partition coefficient (Wildman–Crippen LogP) is 5.96. The average Bonchev–Trinajstić information content (AvgIpc) is 2.95. The second-order valence-electron chi connectivity index (χ2n) is 6.86. The lowest BCUT2D eigenvalue weighted by molar-refractivity contribution is 0.0980. The second-order valence-corrected chi connectivity index (χ2v) is 6.86. The summed E-state index contributed by atoms with van der Waals surface area (Å²) in [7, 11) is 0. The first-order valence-electron chi connectivity index (χ1n) is 9.38. The van der Waals surface area contributed by atoms with Crippen molar-refractivity contribution in [1.29, 1.82) is 0 Å². The third-order valence-corrected chi connectivity index (χ3v) is 5.85. The molecule has 0 heterocycles. The fraction of sp³-hybridized carbons (Fsp3) is 0.391. The Morgan fingerprint density at radius 2 is 1.12 bits per heavy atom. The Balaban J connectivity index is 2.25. The quantitative estimate of drug-likeness (QED) is 0.611. The molecular formula is C23H26O2. The second kappa shape index (κ2) is 6.59. The van der Waals surface area contributed by atoms with Gasteiger partial charge in [0.1, 0.15) is 0 Å². The van der Waals surface area contributed by atoms with Gasteiger partial charge in [0, 0.05) is 29.4 Å². The molecule has 0 N–H and O–H groups in total. The molecule has 0 amide bonds. The van der Waals surface area contributed by atoms with E-state index in [1.807, 2.05) is 26.0 Å². The Kier molecular flexibility index (Phi) is 4.64. The zero-order chi connectivity index (χ0) is 18.2. The molecule has 25 heavy (non-hydrogen) atoms. The van der Waals surface area contributed by atoms with Crippen LogP contribution < -0.4 is 0 Å². The maximum Gasteiger partial charge on any atom is 0.162 e. The highest BCUT2D eigenvalue weighted by Gasteiger charge is 2.41. The van der Waals surface area contributed by atoms with Crippen molar-refractivity contribution in [3.05, 3.63) is 58.7 Å². The molecule has 2 aromatic rings. The Labute approximate surface area is 150 Å². The Morgan fingerprint density at radius 1 is 0.720 bits per heavy atom. The minimum atomic E-state index is -0.112. The Hall–Kier alpha value is -2.22. The summed E-state index contributed by atoms with van der Waals surface area (Å²) in [4.78, 5) is 24.4. The monoisotopic (exact) mass is 334 g/mol. The van der Waals surface area contributed by atoms with Gasteiger partial charge in [-0.15, -0.1) is 0 Å². The van der Waals surface area contributed by atoms with Crippen molar-refractivity contribution in [2.24, 2.45) is 0 Å². The van der Waals surface area contributed by atoms with Crippen LogP contribution in [0.5, 0.6) is 0 Å². The summed E-state index contributed by atoms with van der Waals surface area (Å²) >= 11 is 0. The molecule has 2 heteroatoms. The van der Waals surface area contributed by atoms with E-state index in [0.717, 1.165) is 24.0 Å². The van der Waals surface area contributed by atoms with Crippen LogP contribution in [0.4, 0.5) is 0 Å². The van der Waals surface area contributed by atoms with Crippen LogP contribution in [0, 0.1) is 0 Å². The van der Waals surface area contributed by atoms with Gasteiger partial charge in [-0.05, 0) is 47.2 Å². The van der Waals surface area contributed by atoms with Crippen molar-refractivity contribution in [2.45, 2.75) is 58.8 Å². The molecule has 0 bridgehead atoms. The molecule has 0 atom stereocenters. The van der Waals surface area contributed by atoms with Gasteiger partial charge in [-0.3, -0.25) is 9.59 Å². The van der Waals surface area contributed by atoms with Gasteiger partial charge in [-0.25, -0.2) is 0 Å². The minimum absolute atomic E-state index is 0.112. The maximum absolute atomic E-state index is 12.2. The molecule has 0 spiro atoms. The molecule has 1 aliphatic carbocycles. The van der Waals surface area contributed by atoms with Gasteiger partial charge in [-0.1, -0.05) is 52.0 Å². The molecule has 1 aliphatic rings. The number of Topliss-reactive ketones (excluding diaryl/α,β-unsaturated/α-hetero) is 2. The van der Waals surface area contributed by atoms with Gasteiger partial charge in [0.25, 0.3) is 0 Å². The largest absolute Gasteiger partial charge is 0.294 e. The molecular weight excluding hydrogens is 308 g/mol. The molecule has 0 aliphatic heterocycles. The van der Waals surface area contributed by atoms with Crippen LogP contribution in [0.3, 0.4) is 0 Å². The van der Waals surface area contributed by atoms with Crippen molar-refractivity contribution in [1.82, 2.24) is 0 Å². The van der Waals surface area contributed by atoms with Crippen molar-refractivity contribution < 1.29 is 9.59 Å². The Bertz CT molecular complexity index is 774. The number of ketones is 2. The van der Waals surface area contributed by atoms with E-state index in [0.29, 0.717) is 12.8 Å². The van der Waals surface area contributed by atoms with Gasteiger partial charge < -0.3 is 0 Å². The number of hydrogen-bond acceptors (Lipinski definition) is 2. The summed E-state index contributed by atoms with van der Waals surface area (Å²) in [5, 5.41) is 0. The van der Waals surface area contributed by atoms with Crippen LogP contribution in [0.25, 0.3) is 11.1 Å². The van der Waals surface area contributed by atoms with Crippen LogP contribution in [-0.2, 0) is 5.41 Å². The average molecular weight is 334 g/mol. The first-order valence-corrected chi connectivity index (χ1v) is 9.38. The number of carbonyl (C=O) groups excluding carboxylic acids is 2. The molecule has 130 valence electrons. The van der Waals surface area contributed by atoms with E-state index >= 15 is 0 Å². The van der Waals surface area contributed by atoms with E-state index in [2.05, 4.69) is 38.1 Å². The molecule has 0 aromatic heterocycles. The fourth-order valence-corrected chi connectivity index (χ4v) is 4.26. The SMILES string of the molecule is CCC(=O)c1ccc2c(c1)C(CC)(CC)c1cc(C(=O)CC)ccc1-2. The van der Waals surface area contributed by atoms with E-state index in [1.54, 1.807) is 0 Å². The highest BCUT2D eigenvalue weighted by molar-refractivity contribution is 5.99. The Morgan fingerprint density at radius 3 is 1.44 bits per heavy atom. The van der Waals surface area contributed by atoms with E-state index in [9.17, 15) is 9.59 Å². The molecule has 2 nitrogen and oxygen atoms in total. The maximum atomic E-state index is 12.2. The van der Waals surface area contributed by atoms with E-state index in [4.69, 9.17) is 0 Å². The lowest BCUT2D eigenvalue weighted by Gasteiger charge is -2.30. The number of hydrogen-bond donors (Lipinski definition) is 0. The fourth-order valence-electron chi connectivity index (χ4n) is 4.26. The summed E-state index contributed by atoms with van der Waals surface area (Å²) in [5.41, 5.74) is 6.39. The third-order valence-electron chi connectivity index (χ3n) is 5.85. The molecule has 0 radical (unpaired) electrons. The molecule has 0 fully saturated rings. The summed E-state index contributed by atoms with van der Waals surface area (Å²) in [6, 6.07) is 12.3. The zero-order valence-corrected chi connectivity index (χ0v) is 15.6. The van der Waals surface area contributed by atoms with E-state index in [1.165, 1.54) is 22.3 Å². The summed E-state index contributed by atoms with van der Waals surface area (Å²) in [6.07, 6.45) is 2.95. The summed E-state index contributed by atoms with van der Waals surface area (Å²) in [6.45, 7) is 8.20. The van der Waals surface area contributed by atoms with Crippen LogP contribution in [0.1, 0.15) is 85.2 Å². The predicted molar refractivity (Wildman–Crippen MR) is 102 cm³/mol. The first-order chi connectivity index (χ1) is 12.0.